The second kappa shape index (κ2) is 6.85. The van der Waals surface area contributed by atoms with Gasteiger partial charge in [-0.25, -0.2) is 4.98 Å². The van der Waals surface area contributed by atoms with E-state index in [2.05, 4.69) is 39.1 Å². The number of nitrogens with one attached hydrogen (secondary N) is 1. The van der Waals surface area contributed by atoms with Gasteiger partial charge in [0.2, 0.25) is 0 Å². The van der Waals surface area contributed by atoms with Gasteiger partial charge in [-0.1, -0.05) is 30.3 Å². The fraction of sp³-hybridized carbons (Fsp3) is 0.412. The van der Waals surface area contributed by atoms with Gasteiger partial charge in [0.15, 0.2) is 0 Å². The van der Waals surface area contributed by atoms with Crippen molar-refractivity contribution in [3.63, 3.8) is 0 Å². The Bertz CT molecular complexity index is 669. The normalized spacial score (nSPS) is 19.2. The van der Waals surface area contributed by atoms with Crippen LogP contribution in [-0.2, 0) is 11.2 Å². The lowest BCUT2D eigenvalue weighted by atomic mass is 10.1. The highest BCUT2D eigenvalue weighted by Crippen LogP contribution is 2.22. The minimum atomic E-state index is -0.101. The molecular formula is C17H21N3O2. The molecule has 1 atom stereocenters. The summed E-state index contributed by atoms with van der Waals surface area (Å²) in [6, 6.07) is 12.1. The first-order valence-corrected chi connectivity index (χ1v) is 7.66. The Morgan fingerprint density at radius 2 is 2.18 bits per heavy atom. The van der Waals surface area contributed by atoms with Crippen LogP contribution in [0, 0.1) is 6.92 Å². The van der Waals surface area contributed by atoms with E-state index in [0.29, 0.717) is 12.4 Å². The van der Waals surface area contributed by atoms with Gasteiger partial charge in [-0.05, 0) is 18.9 Å². The first kappa shape index (κ1) is 14.9. The summed E-state index contributed by atoms with van der Waals surface area (Å²) in [7, 11) is 0. The molecule has 0 saturated carbocycles. The predicted molar refractivity (Wildman–Crippen MR) is 84.9 cm³/mol. The van der Waals surface area contributed by atoms with Gasteiger partial charge in [0.05, 0.1) is 24.9 Å². The maximum atomic E-state index is 11.7. The van der Waals surface area contributed by atoms with Gasteiger partial charge >= 0.3 is 0 Å². The van der Waals surface area contributed by atoms with Crippen molar-refractivity contribution >= 4 is 0 Å². The van der Waals surface area contributed by atoms with Crippen LogP contribution in [-0.4, -0.2) is 41.2 Å². The van der Waals surface area contributed by atoms with Crippen LogP contribution in [0.1, 0.15) is 23.1 Å². The number of hydrogen-bond acceptors (Lipinski definition) is 4. The maximum Gasteiger partial charge on any atom is 0.251 e. The molecule has 0 unspecified atom stereocenters. The Balaban J connectivity index is 1.74. The van der Waals surface area contributed by atoms with E-state index in [1.54, 1.807) is 6.07 Å². The molecule has 1 N–H and O–H groups in total. The predicted octanol–water partition coefficient (Wildman–Crippen LogP) is 1.69. The molecule has 0 bridgehead atoms. The van der Waals surface area contributed by atoms with Crippen molar-refractivity contribution in [2.24, 2.45) is 0 Å². The summed E-state index contributed by atoms with van der Waals surface area (Å²) in [5.74, 6) is 0.649. The van der Waals surface area contributed by atoms with Gasteiger partial charge in [0.1, 0.15) is 5.82 Å². The molecule has 5 heteroatoms. The lowest BCUT2D eigenvalue weighted by Gasteiger charge is -2.35. The lowest BCUT2D eigenvalue weighted by Crippen LogP contribution is -2.41. The molecule has 2 heterocycles. The number of H-pyrrole nitrogens is 1. The lowest BCUT2D eigenvalue weighted by molar-refractivity contribution is -0.00951. The second-order valence-corrected chi connectivity index (χ2v) is 5.62. The molecule has 1 aromatic carbocycles. The number of aryl methyl sites for hydroxylation is 1. The summed E-state index contributed by atoms with van der Waals surface area (Å²) < 4.78 is 5.60. The highest BCUT2D eigenvalue weighted by molar-refractivity contribution is 5.15. The molecule has 1 fully saturated rings. The Kier molecular flexibility index (Phi) is 4.65. The van der Waals surface area contributed by atoms with Gasteiger partial charge < -0.3 is 9.72 Å². The van der Waals surface area contributed by atoms with Crippen molar-refractivity contribution < 1.29 is 4.74 Å². The van der Waals surface area contributed by atoms with Gasteiger partial charge in [0.25, 0.3) is 5.56 Å². The van der Waals surface area contributed by atoms with Crippen LogP contribution in [0.4, 0.5) is 0 Å². The largest absolute Gasteiger partial charge is 0.378 e. The van der Waals surface area contributed by atoms with Crippen molar-refractivity contribution in [2.75, 3.05) is 26.3 Å². The third-order valence-corrected chi connectivity index (χ3v) is 3.99. The molecule has 0 aliphatic carbocycles. The molecule has 0 spiro atoms. The molecular weight excluding hydrogens is 278 g/mol. The Hall–Kier alpha value is -1.98. The number of hydrogen-bond donors (Lipinski definition) is 1. The summed E-state index contributed by atoms with van der Waals surface area (Å²) in [6.07, 6.45) is 0.986. The molecule has 2 aromatic rings. The molecule has 1 aliphatic rings. The van der Waals surface area contributed by atoms with Crippen LogP contribution < -0.4 is 5.56 Å². The molecule has 22 heavy (non-hydrogen) atoms. The van der Waals surface area contributed by atoms with Crippen LogP contribution in [0.2, 0.25) is 0 Å². The van der Waals surface area contributed by atoms with E-state index in [9.17, 15) is 4.79 Å². The number of rotatable bonds is 4. The van der Waals surface area contributed by atoms with Crippen molar-refractivity contribution in [1.82, 2.24) is 14.9 Å². The number of aromatic amines is 1. The molecule has 0 radical (unpaired) electrons. The molecule has 0 amide bonds. The van der Waals surface area contributed by atoms with Crippen molar-refractivity contribution in [3.8, 4) is 0 Å². The first-order chi connectivity index (χ1) is 10.7. The number of aromatic nitrogens is 2. The Labute approximate surface area is 130 Å². The number of ether oxygens (including phenoxy) is 1. The fourth-order valence-corrected chi connectivity index (χ4v) is 2.87. The van der Waals surface area contributed by atoms with Crippen LogP contribution in [0.3, 0.4) is 0 Å². The van der Waals surface area contributed by atoms with Crippen molar-refractivity contribution in [2.45, 2.75) is 19.4 Å². The highest BCUT2D eigenvalue weighted by atomic mass is 16.5. The van der Waals surface area contributed by atoms with Crippen molar-refractivity contribution in [1.29, 1.82) is 0 Å². The SMILES string of the molecule is Cc1nc([C@H]2COCCN2CCc2ccccc2)cc(=O)[nH]1. The van der Waals surface area contributed by atoms with Crippen LogP contribution in [0.5, 0.6) is 0 Å². The van der Waals surface area contributed by atoms with Crippen LogP contribution >= 0.6 is 0 Å². The first-order valence-electron chi connectivity index (χ1n) is 7.66. The van der Waals surface area contributed by atoms with E-state index in [1.807, 2.05) is 13.0 Å². The third kappa shape index (κ3) is 3.61. The highest BCUT2D eigenvalue weighted by Gasteiger charge is 2.25. The molecule has 1 aromatic heterocycles. The second-order valence-electron chi connectivity index (χ2n) is 5.62. The van der Waals surface area contributed by atoms with E-state index in [-0.39, 0.29) is 11.6 Å². The minimum Gasteiger partial charge on any atom is -0.378 e. The monoisotopic (exact) mass is 299 g/mol. The van der Waals surface area contributed by atoms with Crippen LogP contribution in [0.15, 0.2) is 41.2 Å². The summed E-state index contributed by atoms with van der Waals surface area (Å²) in [6.45, 7) is 4.93. The number of morpholine rings is 1. The van der Waals surface area contributed by atoms with Crippen LogP contribution in [0.25, 0.3) is 0 Å². The van der Waals surface area contributed by atoms with E-state index >= 15 is 0 Å². The Morgan fingerprint density at radius 1 is 1.36 bits per heavy atom. The summed E-state index contributed by atoms with van der Waals surface area (Å²) in [5, 5.41) is 0. The van der Waals surface area contributed by atoms with E-state index in [4.69, 9.17) is 4.74 Å². The van der Waals surface area contributed by atoms with Gasteiger partial charge in [0, 0.05) is 19.2 Å². The van der Waals surface area contributed by atoms with E-state index in [0.717, 1.165) is 31.8 Å². The topological polar surface area (TPSA) is 58.2 Å². The average Bonchev–Trinajstić information content (AvgIpc) is 2.53. The maximum absolute atomic E-state index is 11.7. The van der Waals surface area contributed by atoms with Gasteiger partial charge in [-0.2, -0.15) is 0 Å². The standard InChI is InChI=1S/C17H21N3O2/c1-13-18-15(11-17(21)19-13)16-12-22-10-9-20(16)8-7-14-5-3-2-4-6-14/h2-6,11,16H,7-10,12H2,1H3,(H,18,19,21)/t16-/m1/s1. The minimum absolute atomic E-state index is 0.0541. The molecule has 5 nitrogen and oxygen atoms in total. The third-order valence-electron chi connectivity index (χ3n) is 3.99. The molecule has 116 valence electrons. The zero-order chi connectivity index (χ0) is 15.4. The van der Waals surface area contributed by atoms with Gasteiger partial charge in [-0.15, -0.1) is 0 Å². The quantitative estimate of drug-likeness (QED) is 0.933. The Morgan fingerprint density at radius 3 is 2.95 bits per heavy atom. The van der Waals surface area contributed by atoms with E-state index in [1.165, 1.54) is 5.56 Å². The van der Waals surface area contributed by atoms with Crippen molar-refractivity contribution in [3.05, 3.63) is 63.8 Å². The zero-order valence-electron chi connectivity index (χ0n) is 12.8. The fourth-order valence-electron chi connectivity index (χ4n) is 2.87. The number of benzene rings is 1. The smallest absolute Gasteiger partial charge is 0.251 e. The molecule has 1 saturated heterocycles. The summed E-state index contributed by atoms with van der Waals surface area (Å²) in [5.41, 5.74) is 2.02. The average molecular weight is 299 g/mol. The summed E-state index contributed by atoms with van der Waals surface area (Å²) in [4.78, 5) is 21.2. The number of nitrogens with zero attached hydrogens (tertiary/aromatic N) is 2. The van der Waals surface area contributed by atoms with E-state index < -0.39 is 0 Å². The van der Waals surface area contributed by atoms with Gasteiger partial charge in [-0.3, -0.25) is 9.69 Å². The molecule has 3 rings (SSSR count). The molecule has 1 aliphatic heterocycles. The summed E-state index contributed by atoms with van der Waals surface area (Å²) >= 11 is 0. The zero-order valence-corrected chi connectivity index (χ0v) is 12.8.